The van der Waals surface area contributed by atoms with E-state index >= 15 is 0 Å². The summed E-state index contributed by atoms with van der Waals surface area (Å²) in [5.41, 5.74) is 2.51. The molecule has 1 aromatic carbocycles. The Morgan fingerprint density at radius 3 is 2.94 bits per heavy atom. The standard InChI is InChI=1S/C13H16N4/c1-2-4-11(5-3-1)8-13-10-15-16-17(13)12-6-7-14-9-12/h1-5,10,12,14H,6-9H2. The Morgan fingerprint density at radius 2 is 2.18 bits per heavy atom. The van der Waals surface area contributed by atoms with Gasteiger partial charge in [-0.15, -0.1) is 5.10 Å². The van der Waals surface area contributed by atoms with Gasteiger partial charge < -0.3 is 5.32 Å². The molecule has 0 saturated carbocycles. The predicted molar refractivity (Wildman–Crippen MR) is 65.8 cm³/mol. The van der Waals surface area contributed by atoms with Crippen LogP contribution in [0.1, 0.15) is 23.7 Å². The molecule has 1 aromatic heterocycles. The summed E-state index contributed by atoms with van der Waals surface area (Å²) in [4.78, 5) is 0. The van der Waals surface area contributed by atoms with Crippen molar-refractivity contribution in [3.8, 4) is 0 Å². The van der Waals surface area contributed by atoms with Gasteiger partial charge in [-0.3, -0.25) is 0 Å². The smallest absolute Gasteiger partial charge is 0.0728 e. The zero-order valence-electron chi connectivity index (χ0n) is 9.71. The fourth-order valence-electron chi connectivity index (χ4n) is 2.35. The average molecular weight is 228 g/mol. The van der Waals surface area contributed by atoms with E-state index in [1.165, 1.54) is 11.3 Å². The quantitative estimate of drug-likeness (QED) is 0.863. The third kappa shape index (κ3) is 2.22. The summed E-state index contributed by atoms with van der Waals surface area (Å²) >= 11 is 0. The van der Waals surface area contributed by atoms with Gasteiger partial charge in [0.2, 0.25) is 0 Å². The molecule has 0 amide bonds. The van der Waals surface area contributed by atoms with Crippen molar-refractivity contribution < 1.29 is 0 Å². The lowest BCUT2D eigenvalue weighted by molar-refractivity contribution is 0.462. The molecule has 2 heterocycles. The van der Waals surface area contributed by atoms with Crippen molar-refractivity contribution >= 4 is 0 Å². The number of hydrogen-bond acceptors (Lipinski definition) is 3. The third-order valence-electron chi connectivity index (χ3n) is 3.26. The van der Waals surface area contributed by atoms with Crippen molar-refractivity contribution in [3.63, 3.8) is 0 Å². The molecular formula is C13H16N4. The Labute approximate surface area is 101 Å². The number of benzene rings is 1. The van der Waals surface area contributed by atoms with Crippen molar-refractivity contribution in [3.05, 3.63) is 47.8 Å². The maximum Gasteiger partial charge on any atom is 0.0728 e. The SMILES string of the molecule is c1ccc(Cc2cnnn2C2CCNC2)cc1. The molecule has 1 saturated heterocycles. The van der Waals surface area contributed by atoms with Gasteiger partial charge in [-0.25, -0.2) is 4.68 Å². The van der Waals surface area contributed by atoms with Gasteiger partial charge in [-0.2, -0.15) is 0 Å². The number of rotatable bonds is 3. The van der Waals surface area contributed by atoms with Crippen LogP contribution in [0.2, 0.25) is 0 Å². The van der Waals surface area contributed by atoms with Crippen LogP contribution in [-0.2, 0) is 6.42 Å². The Hall–Kier alpha value is -1.68. The molecule has 4 nitrogen and oxygen atoms in total. The molecule has 1 unspecified atom stereocenters. The summed E-state index contributed by atoms with van der Waals surface area (Å²) in [5.74, 6) is 0. The topological polar surface area (TPSA) is 42.7 Å². The second-order valence-electron chi connectivity index (χ2n) is 4.48. The Kier molecular flexibility index (Phi) is 2.88. The highest BCUT2D eigenvalue weighted by molar-refractivity contribution is 5.20. The van der Waals surface area contributed by atoms with E-state index in [-0.39, 0.29) is 0 Å². The van der Waals surface area contributed by atoms with Gasteiger partial charge >= 0.3 is 0 Å². The van der Waals surface area contributed by atoms with Crippen LogP contribution in [0.25, 0.3) is 0 Å². The monoisotopic (exact) mass is 228 g/mol. The van der Waals surface area contributed by atoms with Crippen molar-refractivity contribution in [2.75, 3.05) is 13.1 Å². The fraction of sp³-hybridized carbons (Fsp3) is 0.385. The maximum atomic E-state index is 4.22. The molecule has 1 atom stereocenters. The minimum atomic E-state index is 0.469. The molecule has 1 aliphatic heterocycles. The molecule has 0 radical (unpaired) electrons. The van der Waals surface area contributed by atoms with E-state index in [2.05, 4.69) is 44.6 Å². The summed E-state index contributed by atoms with van der Waals surface area (Å²) in [6.45, 7) is 2.08. The van der Waals surface area contributed by atoms with Crippen molar-refractivity contribution in [1.29, 1.82) is 0 Å². The molecule has 88 valence electrons. The van der Waals surface area contributed by atoms with E-state index in [0.29, 0.717) is 6.04 Å². The second-order valence-corrected chi connectivity index (χ2v) is 4.48. The van der Waals surface area contributed by atoms with E-state index in [1.807, 2.05) is 12.3 Å². The normalized spacial score (nSPS) is 19.6. The Morgan fingerprint density at radius 1 is 1.29 bits per heavy atom. The van der Waals surface area contributed by atoms with Crippen molar-refractivity contribution in [2.45, 2.75) is 18.9 Å². The van der Waals surface area contributed by atoms with Crippen LogP contribution in [-0.4, -0.2) is 28.1 Å². The highest BCUT2D eigenvalue weighted by Gasteiger charge is 2.19. The lowest BCUT2D eigenvalue weighted by Crippen LogP contribution is -2.17. The third-order valence-corrected chi connectivity index (χ3v) is 3.26. The van der Waals surface area contributed by atoms with E-state index in [1.54, 1.807) is 0 Å². The summed E-state index contributed by atoms with van der Waals surface area (Å²) in [5, 5.41) is 11.6. The van der Waals surface area contributed by atoms with Crippen LogP contribution >= 0.6 is 0 Å². The predicted octanol–water partition coefficient (Wildman–Crippen LogP) is 1.40. The van der Waals surface area contributed by atoms with Gasteiger partial charge in [0, 0.05) is 13.0 Å². The first-order valence-corrected chi connectivity index (χ1v) is 6.07. The van der Waals surface area contributed by atoms with E-state index < -0.39 is 0 Å². The van der Waals surface area contributed by atoms with Crippen LogP contribution in [0.15, 0.2) is 36.5 Å². The minimum Gasteiger partial charge on any atom is -0.315 e. The number of hydrogen-bond donors (Lipinski definition) is 1. The van der Waals surface area contributed by atoms with Gasteiger partial charge in [-0.1, -0.05) is 35.5 Å². The fourth-order valence-corrected chi connectivity index (χ4v) is 2.35. The number of aromatic nitrogens is 3. The van der Waals surface area contributed by atoms with Gasteiger partial charge in [0.25, 0.3) is 0 Å². The molecule has 17 heavy (non-hydrogen) atoms. The van der Waals surface area contributed by atoms with Crippen molar-refractivity contribution in [1.82, 2.24) is 20.3 Å². The Bertz CT molecular complexity index is 471. The summed E-state index contributed by atoms with van der Waals surface area (Å²) < 4.78 is 2.08. The molecule has 0 spiro atoms. The van der Waals surface area contributed by atoms with Crippen LogP contribution in [0, 0.1) is 0 Å². The zero-order chi connectivity index (χ0) is 11.5. The summed E-state index contributed by atoms with van der Waals surface area (Å²) in [6, 6.07) is 10.9. The second kappa shape index (κ2) is 4.67. The molecule has 0 aliphatic carbocycles. The van der Waals surface area contributed by atoms with Crippen LogP contribution in [0.3, 0.4) is 0 Å². The lowest BCUT2D eigenvalue weighted by Gasteiger charge is -2.12. The maximum absolute atomic E-state index is 4.22. The molecule has 3 rings (SSSR count). The highest BCUT2D eigenvalue weighted by Crippen LogP contribution is 2.17. The van der Waals surface area contributed by atoms with Gasteiger partial charge in [0.15, 0.2) is 0 Å². The molecular weight excluding hydrogens is 212 g/mol. The van der Waals surface area contributed by atoms with Gasteiger partial charge in [0.05, 0.1) is 17.9 Å². The Balaban J connectivity index is 1.81. The van der Waals surface area contributed by atoms with E-state index in [9.17, 15) is 0 Å². The molecule has 0 bridgehead atoms. The van der Waals surface area contributed by atoms with E-state index in [0.717, 1.165) is 25.9 Å². The molecule has 1 N–H and O–H groups in total. The largest absolute Gasteiger partial charge is 0.315 e. The van der Waals surface area contributed by atoms with Gasteiger partial charge in [-0.05, 0) is 18.5 Å². The van der Waals surface area contributed by atoms with Crippen LogP contribution < -0.4 is 5.32 Å². The lowest BCUT2D eigenvalue weighted by atomic mass is 10.1. The molecule has 2 aromatic rings. The van der Waals surface area contributed by atoms with Crippen molar-refractivity contribution in [2.24, 2.45) is 0 Å². The summed E-state index contributed by atoms with van der Waals surface area (Å²) in [6.07, 6.45) is 3.93. The van der Waals surface area contributed by atoms with Crippen LogP contribution in [0.5, 0.6) is 0 Å². The first-order chi connectivity index (χ1) is 8.43. The molecule has 1 aliphatic rings. The zero-order valence-corrected chi connectivity index (χ0v) is 9.71. The summed E-state index contributed by atoms with van der Waals surface area (Å²) in [7, 11) is 0. The number of nitrogens with zero attached hydrogens (tertiary/aromatic N) is 3. The van der Waals surface area contributed by atoms with Crippen LogP contribution in [0.4, 0.5) is 0 Å². The molecule has 4 heteroatoms. The molecule has 1 fully saturated rings. The first-order valence-electron chi connectivity index (χ1n) is 6.07. The highest BCUT2D eigenvalue weighted by atomic mass is 15.4. The first kappa shape index (κ1) is 10.5. The minimum absolute atomic E-state index is 0.469. The average Bonchev–Trinajstić information content (AvgIpc) is 3.00. The van der Waals surface area contributed by atoms with Gasteiger partial charge in [0.1, 0.15) is 0 Å². The number of nitrogens with one attached hydrogen (secondary N) is 1. The van der Waals surface area contributed by atoms with E-state index in [4.69, 9.17) is 0 Å².